The molecule has 0 aliphatic heterocycles. The van der Waals surface area contributed by atoms with Gasteiger partial charge in [0.1, 0.15) is 9.20 Å². The van der Waals surface area contributed by atoms with Gasteiger partial charge in [0.05, 0.1) is 4.88 Å². The number of nitrogens with two attached hydrogens (primary N) is 1. The highest BCUT2D eigenvalue weighted by molar-refractivity contribution is 7.91. The van der Waals surface area contributed by atoms with Crippen molar-refractivity contribution in [1.29, 1.82) is 0 Å². The molecule has 0 saturated heterocycles. The van der Waals surface area contributed by atoms with Crippen molar-refractivity contribution >= 4 is 38.6 Å². The number of rotatable bonds is 7. The van der Waals surface area contributed by atoms with Gasteiger partial charge in [0.2, 0.25) is 0 Å². The summed E-state index contributed by atoms with van der Waals surface area (Å²) in [5, 5.41) is 0. The van der Waals surface area contributed by atoms with Crippen molar-refractivity contribution in [1.82, 2.24) is 4.31 Å². The van der Waals surface area contributed by atoms with Crippen LogP contribution < -0.4 is 5.73 Å². The number of sulfonamides is 1. The lowest BCUT2D eigenvalue weighted by Gasteiger charge is -2.21. The van der Waals surface area contributed by atoms with E-state index in [9.17, 15) is 8.42 Å². The third kappa shape index (κ3) is 3.21. The molecule has 2 fully saturated rings. The summed E-state index contributed by atoms with van der Waals surface area (Å²) in [6, 6.07) is 3.33. The zero-order chi connectivity index (χ0) is 14.3. The van der Waals surface area contributed by atoms with E-state index in [1.807, 2.05) is 0 Å². The lowest BCUT2D eigenvalue weighted by Crippen LogP contribution is -2.34. The van der Waals surface area contributed by atoms with Crippen molar-refractivity contribution in [2.24, 2.45) is 17.6 Å². The number of thiocarbonyl (C=S) groups is 1. The van der Waals surface area contributed by atoms with E-state index in [0.29, 0.717) is 34.0 Å². The number of hydrogen-bond acceptors (Lipinski definition) is 4. The molecule has 1 heterocycles. The summed E-state index contributed by atoms with van der Waals surface area (Å²) in [7, 11) is -3.39. The molecule has 2 aliphatic carbocycles. The van der Waals surface area contributed by atoms with E-state index >= 15 is 0 Å². The molecule has 3 rings (SSSR count). The molecule has 0 aromatic carbocycles. The van der Waals surface area contributed by atoms with E-state index in [1.165, 1.54) is 11.3 Å². The Balaban J connectivity index is 1.82. The maximum absolute atomic E-state index is 12.7. The Kier molecular flexibility index (Phi) is 3.87. The first kappa shape index (κ1) is 14.4. The van der Waals surface area contributed by atoms with Gasteiger partial charge in [-0.25, -0.2) is 8.42 Å². The van der Waals surface area contributed by atoms with Crippen molar-refractivity contribution in [2.75, 3.05) is 13.1 Å². The van der Waals surface area contributed by atoms with Crippen LogP contribution >= 0.6 is 23.6 Å². The van der Waals surface area contributed by atoms with Crippen molar-refractivity contribution in [3.63, 3.8) is 0 Å². The molecule has 2 N–H and O–H groups in total. The SMILES string of the molecule is NC(=S)c1ccc(S(=O)(=O)N(CC2CC2)CC2CC2)s1. The van der Waals surface area contributed by atoms with Crippen molar-refractivity contribution < 1.29 is 8.42 Å². The van der Waals surface area contributed by atoms with Crippen LogP contribution in [0.5, 0.6) is 0 Å². The van der Waals surface area contributed by atoms with Gasteiger partial charge in [-0.15, -0.1) is 11.3 Å². The van der Waals surface area contributed by atoms with Crippen LogP contribution in [0.3, 0.4) is 0 Å². The fraction of sp³-hybridized carbons (Fsp3) is 0.615. The van der Waals surface area contributed by atoms with Crippen LogP contribution in [0.2, 0.25) is 0 Å². The minimum absolute atomic E-state index is 0.257. The molecule has 4 nitrogen and oxygen atoms in total. The fourth-order valence-electron chi connectivity index (χ4n) is 2.17. The van der Waals surface area contributed by atoms with Crippen LogP contribution in [0.25, 0.3) is 0 Å². The zero-order valence-corrected chi connectivity index (χ0v) is 13.6. The second-order valence-corrected chi connectivity index (χ2v) is 9.38. The molecule has 2 aliphatic rings. The van der Waals surface area contributed by atoms with Gasteiger partial charge in [-0.3, -0.25) is 0 Å². The summed E-state index contributed by atoms with van der Waals surface area (Å²) < 4.78 is 27.5. The summed E-state index contributed by atoms with van der Waals surface area (Å²) >= 11 is 6.08. The Morgan fingerprint density at radius 3 is 2.20 bits per heavy atom. The quantitative estimate of drug-likeness (QED) is 0.779. The van der Waals surface area contributed by atoms with E-state index in [-0.39, 0.29) is 4.99 Å². The minimum atomic E-state index is -3.39. The number of hydrogen-bond donors (Lipinski definition) is 1. The van der Waals surface area contributed by atoms with Crippen molar-refractivity contribution in [2.45, 2.75) is 29.9 Å². The highest BCUT2D eigenvalue weighted by Gasteiger charge is 2.36. The van der Waals surface area contributed by atoms with E-state index in [2.05, 4.69) is 0 Å². The Hall–Kier alpha value is -0.500. The maximum Gasteiger partial charge on any atom is 0.252 e. The van der Waals surface area contributed by atoms with Gasteiger partial charge < -0.3 is 5.73 Å². The molecular formula is C13H18N2O2S3. The van der Waals surface area contributed by atoms with E-state index < -0.39 is 10.0 Å². The van der Waals surface area contributed by atoms with Crippen LogP contribution in [0.4, 0.5) is 0 Å². The molecule has 1 aromatic heterocycles. The van der Waals surface area contributed by atoms with Gasteiger partial charge in [-0.1, -0.05) is 12.2 Å². The first-order chi connectivity index (χ1) is 9.46. The molecule has 0 bridgehead atoms. The largest absolute Gasteiger partial charge is 0.389 e. The number of nitrogens with zero attached hydrogens (tertiary/aromatic N) is 1. The summed E-state index contributed by atoms with van der Waals surface area (Å²) in [6.07, 6.45) is 4.61. The highest BCUT2D eigenvalue weighted by Crippen LogP contribution is 2.36. The van der Waals surface area contributed by atoms with Crippen LogP contribution in [0.1, 0.15) is 30.6 Å². The molecule has 110 valence electrons. The lowest BCUT2D eigenvalue weighted by atomic mass is 10.4. The molecule has 1 aromatic rings. The highest BCUT2D eigenvalue weighted by atomic mass is 32.2. The molecule has 0 unspecified atom stereocenters. The summed E-state index contributed by atoms with van der Waals surface area (Å²) in [4.78, 5) is 0.920. The van der Waals surface area contributed by atoms with Crippen LogP contribution in [0.15, 0.2) is 16.3 Å². The monoisotopic (exact) mass is 330 g/mol. The van der Waals surface area contributed by atoms with Crippen molar-refractivity contribution in [3.05, 3.63) is 17.0 Å². The second-order valence-electron chi connectivity index (χ2n) is 5.69. The Morgan fingerprint density at radius 2 is 1.80 bits per heavy atom. The van der Waals surface area contributed by atoms with Crippen LogP contribution in [0, 0.1) is 11.8 Å². The Morgan fingerprint density at radius 1 is 1.25 bits per heavy atom. The normalized spacial score (nSPS) is 19.4. The minimum Gasteiger partial charge on any atom is -0.389 e. The first-order valence-electron chi connectivity index (χ1n) is 6.86. The Bertz CT molecular complexity index is 601. The fourth-order valence-corrected chi connectivity index (χ4v) is 5.26. The average Bonchev–Trinajstić information content (AvgIpc) is 3.30. The predicted octanol–water partition coefficient (Wildman–Crippen LogP) is 2.19. The Labute approximate surface area is 129 Å². The summed E-state index contributed by atoms with van der Waals surface area (Å²) in [6.45, 7) is 1.33. The lowest BCUT2D eigenvalue weighted by molar-refractivity contribution is 0.383. The van der Waals surface area contributed by atoms with Gasteiger partial charge >= 0.3 is 0 Å². The summed E-state index contributed by atoms with van der Waals surface area (Å²) in [5.74, 6) is 1.11. The van der Waals surface area contributed by atoms with Crippen LogP contribution in [-0.2, 0) is 10.0 Å². The molecule has 20 heavy (non-hydrogen) atoms. The smallest absolute Gasteiger partial charge is 0.252 e. The molecule has 7 heteroatoms. The summed E-state index contributed by atoms with van der Waals surface area (Å²) in [5.41, 5.74) is 5.56. The van der Waals surface area contributed by atoms with E-state index in [4.69, 9.17) is 18.0 Å². The number of thiophene rings is 1. The van der Waals surface area contributed by atoms with E-state index in [1.54, 1.807) is 16.4 Å². The second kappa shape index (κ2) is 5.36. The molecule has 0 amide bonds. The first-order valence-corrected chi connectivity index (χ1v) is 9.53. The van der Waals surface area contributed by atoms with Gasteiger partial charge in [0.25, 0.3) is 10.0 Å². The molecule has 0 radical (unpaired) electrons. The molecule has 2 saturated carbocycles. The maximum atomic E-state index is 12.7. The molecule has 0 atom stereocenters. The van der Waals surface area contributed by atoms with Gasteiger partial charge in [-0.05, 0) is 49.7 Å². The molecule has 0 spiro atoms. The standard InChI is InChI=1S/C13H18N2O2S3/c14-13(18)11-5-6-12(19-11)20(16,17)15(7-9-1-2-9)8-10-3-4-10/h5-6,9-10H,1-4,7-8H2,(H2,14,18). The van der Waals surface area contributed by atoms with E-state index in [0.717, 1.165) is 25.7 Å². The molecular weight excluding hydrogens is 312 g/mol. The van der Waals surface area contributed by atoms with Gasteiger partial charge in [0, 0.05) is 13.1 Å². The van der Waals surface area contributed by atoms with Crippen molar-refractivity contribution in [3.8, 4) is 0 Å². The van der Waals surface area contributed by atoms with Crippen LogP contribution in [-0.4, -0.2) is 30.8 Å². The van der Waals surface area contributed by atoms with Gasteiger partial charge in [0.15, 0.2) is 0 Å². The topological polar surface area (TPSA) is 63.4 Å². The third-order valence-corrected chi connectivity index (χ3v) is 7.50. The van der Waals surface area contributed by atoms with Gasteiger partial charge in [-0.2, -0.15) is 4.31 Å². The average molecular weight is 331 g/mol. The zero-order valence-electron chi connectivity index (χ0n) is 11.1. The predicted molar refractivity (Wildman–Crippen MR) is 84.4 cm³/mol. The third-order valence-electron chi connectivity index (χ3n) is 3.74.